The van der Waals surface area contributed by atoms with Crippen molar-refractivity contribution in [2.45, 2.75) is 38.6 Å². The first-order valence-corrected chi connectivity index (χ1v) is 7.51. The van der Waals surface area contributed by atoms with Crippen LogP contribution >= 0.6 is 0 Å². The molecule has 0 bridgehead atoms. The topological polar surface area (TPSA) is 57.8 Å². The number of nitrogens with zero attached hydrogens (tertiary/aromatic N) is 3. The highest BCUT2D eigenvalue weighted by atomic mass is 16.4. The second-order valence-electron chi connectivity index (χ2n) is 6.05. The molecule has 5 nitrogen and oxygen atoms in total. The zero-order valence-corrected chi connectivity index (χ0v) is 12.5. The lowest BCUT2D eigenvalue weighted by Gasteiger charge is -2.34. The average molecular weight is 287 g/mol. The molecule has 0 aromatic carbocycles. The molecule has 2 aromatic heterocycles. The Bertz CT molecular complexity index is 663. The quantitative estimate of drug-likeness (QED) is 0.942. The van der Waals surface area contributed by atoms with Crippen LogP contribution in [-0.4, -0.2) is 44.5 Å². The molecule has 0 aliphatic carbocycles. The predicted molar refractivity (Wildman–Crippen MR) is 80.8 cm³/mol. The van der Waals surface area contributed by atoms with Crippen molar-refractivity contribution in [3.63, 3.8) is 0 Å². The average Bonchev–Trinajstić information content (AvgIpc) is 2.91. The van der Waals surface area contributed by atoms with Crippen LogP contribution in [0.15, 0.2) is 24.5 Å². The molecule has 1 fully saturated rings. The van der Waals surface area contributed by atoms with E-state index >= 15 is 0 Å². The minimum atomic E-state index is -0.926. The number of imidazole rings is 1. The molecule has 1 unspecified atom stereocenters. The number of pyridine rings is 1. The van der Waals surface area contributed by atoms with E-state index in [0.29, 0.717) is 17.6 Å². The zero-order chi connectivity index (χ0) is 15.0. The first-order valence-electron chi connectivity index (χ1n) is 7.51. The predicted octanol–water partition coefficient (Wildman–Crippen LogP) is 2.62. The van der Waals surface area contributed by atoms with Crippen LogP contribution in [0.3, 0.4) is 0 Å². The Kier molecular flexibility index (Phi) is 3.68. The van der Waals surface area contributed by atoms with Crippen LogP contribution in [0.2, 0.25) is 0 Å². The molecule has 1 aliphatic heterocycles. The summed E-state index contributed by atoms with van der Waals surface area (Å²) in [4.78, 5) is 18.4. The molecular weight excluding hydrogens is 266 g/mol. The Morgan fingerprint density at radius 3 is 3.00 bits per heavy atom. The van der Waals surface area contributed by atoms with E-state index in [9.17, 15) is 9.90 Å². The third kappa shape index (κ3) is 2.65. The highest BCUT2D eigenvalue weighted by molar-refractivity contribution is 5.94. The van der Waals surface area contributed by atoms with Gasteiger partial charge in [0.2, 0.25) is 0 Å². The first-order chi connectivity index (χ1) is 10.1. The molecule has 1 aliphatic rings. The van der Waals surface area contributed by atoms with Gasteiger partial charge in [-0.3, -0.25) is 0 Å². The lowest BCUT2D eigenvalue weighted by atomic mass is 9.94. The van der Waals surface area contributed by atoms with E-state index in [2.05, 4.69) is 23.7 Å². The number of likely N-dealkylation sites (tertiary alicyclic amines) is 1. The van der Waals surface area contributed by atoms with Gasteiger partial charge in [-0.15, -0.1) is 0 Å². The summed E-state index contributed by atoms with van der Waals surface area (Å²) in [6, 6.07) is 3.90. The summed E-state index contributed by atoms with van der Waals surface area (Å²) in [5.74, 6) is -0.534. The smallest absolute Gasteiger partial charge is 0.339 e. The van der Waals surface area contributed by atoms with Gasteiger partial charge in [0, 0.05) is 30.9 Å². The third-order valence-electron chi connectivity index (χ3n) is 4.33. The minimum absolute atomic E-state index is 0.264. The van der Waals surface area contributed by atoms with Crippen molar-refractivity contribution in [3.8, 4) is 0 Å². The van der Waals surface area contributed by atoms with E-state index < -0.39 is 5.97 Å². The molecule has 1 N–H and O–H groups in total. The van der Waals surface area contributed by atoms with Crippen molar-refractivity contribution in [1.29, 1.82) is 0 Å². The number of hydrogen-bond acceptors (Lipinski definition) is 3. The molecule has 3 rings (SSSR count). The maximum atomic E-state index is 11.3. The van der Waals surface area contributed by atoms with Gasteiger partial charge in [0.25, 0.3) is 0 Å². The van der Waals surface area contributed by atoms with Crippen molar-refractivity contribution in [2.75, 3.05) is 13.1 Å². The van der Waals surface area contributed by atoms with Gasteiger partial charge in [-0.2, -0.15) is 0 Å². The van der Waals surface area contributed by atoms with Crippen LogP contribution in [0, 0.1) is 0 Å². The third-order valence-corrected chi connectivity index (χ3v) is 4.33. The van der Waals surface area contributed by atoms with Crippen molar-refractivity contribution in [2.24, 2.45) is 0 Å². The maximum absolute atomic E-state index is 11.3. The number of piperidine rings is 1. The Balaban J connectivity index is 1.94. The molecule has 0 radical (unpaired) electrons. The van der Waals surface area contributed by atoms with Crippen molar-refractivity contribution in [3.05, 3.63) is 35.8 Å². The van der Waals surface area contributed by atoms with E-state index in [1.165, 1.54) is 6.42 Å². The van der Waals surface area contributed by atoms with Gasteiger partial charge in [0.1, 0.15) is 5.56 Å². The Morgan fingerprint density at radius 1 is 1.48 bits per heavy atom. The summed E-state index contributed by atoms with van der Waals surface area (Å²) in [5, 5.41) is 9.26. The largest absolute Gasteiger partial charge is 0.478 e. The van der Waals surface area contributed by atoms with Crippen LogP contribution in [0.4, 0.5) is 0 Å². The second-order valence-corrected chi connectivity index (χ2v) is 6.05. The summed E-state index contributed by atoms with van der Waals surface area (Å²) in [6.07, 6.45) is 6.13. The Morgan fingerprint density at radius 2 is 2.29 bits per heavy atom. The fourth-order valence-corrected chi connectivity index (χ4v) is 3.11. The van der Waals surface area contributed by atoms with Crippen LogP contribution < -0.4 is 0 Å². The molecule has 3 heterocycles. The second kappa shape index (κ2) is 5.48. The van der Waals surface area contributed by atoms with Gasteiger partial charge < -0.3 is 14.4 Å². The van der Waals surface area contributed by atoms with Crippen molar-refractivity contribution >= 4 is 11.6 Å². The molecular formula is C16H21N3O2. The van der Waals surface area contributed by atoms with Gasteiger partial charge in [-0.25, -0.2) is 9.78 Å². The van der Waals surface area contributed by atoms with Crippen molar-refractivity contribution < 1.29 is 9.90 Å². The summed E-state index contributed by atoms with van der Waals surface area (Å²) in [7, 11) is 0. The normalized spacial score (nSPS) is 20.2. The summed E-state index contributed by atoms with van der Waals surface area (Å²) < 4.78 is 1.83. The number of carboxylic acid groups (broad SMARTS) is 1. The molecule has 2 aromatic rings. The fraction of sp³-hybridized carbons (Fsp3) is 0.500. The van der Waals surface area contributed by atoms with Gasteiger partial charge in [0.05, 0.1) is 5.69 Å². The number of rotatable bonds is 3. The van der Waals surface area contributed by atoms with Gasteiger partial charge in [0.15, 0.2) is 5.65 Å². The maximum Gasteiger partial charge on any atom is 0.339 e. The molecule has 0 amide bonds. The van der Waals surface area contributed by atoms with E-state index in [1.54, 1.807) is 12.1 Å². The lowest BCUT2D eigenvalue weighted by molar-refractivity contribution is 0.0698. The molecule has 112 valence electrons. The fourth-order valence-electron chi connectivity index (χ4n) is 3.11. The lowest BCUT2D eigenvalue weighted by Crippen LogP contribution is -2.39. The number of aromatic nitrogens is 2. The molecule has 1 saturated heterocycles. The van der Waals surface area contributed by atoms with Crippen LogP contribution in [0.1, 0.15) is 48.7 Å². The molecule has 5 heteroatoms. The van der Waals surface area contributed by atoms with Crippen molar-refractivity contribution in [1.82, 2.24) is 14.3 Å². The van der Waals surface area contributed by atoms with Gasteiger partial charge in [-0.05, 0) is 45.4 Å². The van der Waals surface area contributed by atoms with Crippen LogP contribution in [0.5, 0.6) is 0 Å². The number of hydrogen-bond donors (Lipinski definition) is 1. The van der Waals surface area contributed by atoms with E-state index in [4.69, 9.17) is 0 Å². The van der Waals surface area contributed by atoms with Gasteiger partial charge in [-0.1, -0.05) is 0 Å². The molecule has 0 spiro atoms. The minimum Gasteiger partial charge on any atom is -0.478 e. The zero-order valence-electron chi connectivity index (χ0n) is 12.5. The highest BCUT2D eigenvalue weighted by Crippen LogP contribution is 2.28. The molecule has 21 heavy (non-hydrogen) atoms. The summed E-state index contributed by atoms with van der Waals surface area (Å²) in [6.45, 7) is 6.58. The van der Waals surface area contributed by atoms with E-state index in [-0.39, 0.29) is 5.56 Å². The molecule has 1 atom stereocenters. The van der Waals surface area contributed by atoms with Crippen LogP contribution in [-0.2, 0) is 0 Å². The number of fused-ring (bicyclic) bond motifs is 1. The Hall–Kier alpha value is -1.88. The van der Waals surface area contributed by atoms with E-state index in [1.807, 2.05) is 16.8 Å². The summed E-state index contributed by atoms with van der Waals surface area (Å²) >= 11 is 0. The van der Waals surface area contributed by atoms with Crippen LogP contribution in [0.25, 0.3) is 5.65 Å². The highest BCUT2D eigenvalue weighted by Gasteiger charge is 2.25. The Labute approximate surface area is 124 Å². The number of carboxylic acids is 1. The monoisotopic (exact) mass is 287 g/mol. The standard InChI is InChI=1S/C16H21N3O2/c1-11(2)18-7-3-5-12(9-18)14-10-19-8-4-6-13(16(20)21)15(19)17-14/h4,6,8,10-12H,3,5,7,9H2,1-2H3,(H,20,21). The number of carbonyl (C=O) groups is 1. The SMILES string of the molecule is CC(C)N1CCCC(c2cn3cccc(C(=O)O)c3n2)C1. The molecule has 0 saturated carbocycles. The first kappa shape index (κ1) is 14.1. The van der Waals surface area contributed by atoms with E-state index in [0.717, 1.165) is 25.2 Å². The summed E-state index contributed by atoms with van der Waals surface area (Å²) in [5.41, 5.74) is 1.82. The van der Waals surface area contributed by atoms with Gasteiger partial charge >= 0.3 is 5.97 Å². The number of aromatic carboxylic acids is 1.